The van der Waals surface area contributed by atoms with Gasteiger partial charge in [-0.15, -0.1) is 0 Å². The number of aromatic nitrogens is 3. The molecule has 156 valence electrons. The van der Waals surface area contributed by atoms with Crippen molar-refractivity contribution in [2.45, 2.75) is 0 Å². The van der Waals surface area contributed by atoms with E-state index in [0.29, 0.717) is 5.65 Å². The van der Waals surface area contributed by atoms with Crippen molar-refractivity contribution in [3.8, 4) is 22.4 Å². The van der Waals surface area contributed by atoms with Crippen molar-refractivity contribution < 1.29 is 9.90 Å². The van der Waals surface area contributed by atoms with Gasteiger partial charge in [0, 0.05) is 49.2 Å². The number of anilines is 1. The summed E-state index contributed by atoms with van der Waals surface area (Å²) in [5.74, 6) is -0.937. The van der Waals surface area contributed by atoms with Crippen LogP contribution < -0.4 is 4.90 Å². The van der Waals surface area contributed by atoms with Gasteiger partial charge in [-0.2, -0.15) is 0 Å². The summed E-state index contributed by atoms with van der Waals surface area (Å²) in [6, 6.07) is 15.3. The molecule has 1 aliphatic heterocycles. The monoisotopic (exact) mass is 413 g/mol. The van der Waals surface area contributed by atoms with Gasteiger partial charge in [0.2, 0.25) is 0 Å². The van der Waals surface area contributed by atoms with E-state index in [0.717, 1.165) is 54.1 Å². The van der Waals surface area contributed by atoms with Crippen LogP contribution in [0.5, 0.6) is 0 Å². The summed E-state index contributed by atoms with van der Waals surface area (Å²) < 4.78 is 0. The highest BCUT2D eigenvalue weighted by atomic mass is 16.4. The highest BCUT2D eigenvalue weighted by Gasteiger charge is 2.15. The number of carboxylic acids is 1. The number of likely N-dealkylation sites (N-methyl/N-ethyl adjacent to an activating group) is 1. The molecule has 7 nitrogen and oxygen atoms in total. The number of carboxylic acid groups (broad SMARTS) is 1. The number of carbonyl (C=O) groups is 1. The molecule has 31 heavy (non-hydrogen) atoms. The Morgan fingerprint density at radius 3 is 2.32 bits per heavy atom. The van der Waals surface area contributed by atoms with Gasteiger partial charge in [0.15, 0.2) is 5.65 Å². The van der Waals surface area contributed by atoms with Crippen molar-refractivity contribution in [3.05, 3.63) is 66.5 Å². The third kappa shape index (κ3) is 3.75. The maximum Gasteiger partial charge on any atom is 0.335 e. The summed E-state index contributed by atoms with van der Waals surface area (Å²) in [7, 11) is 2.16. The van der Waals surface area contributed by atoms with E-state index >= 15 is 0 Å². The van der Waals surface area contributed by atoms with Crippen molar-refractivity contribution in [2.75, 3.05) is 38.1 Å². The zero-order chi connectivity index (χ0) is 21.4. The van der Waals surface area contributed by atoms with E-state index in [1.54, 1.807) is 30.5 Å². The summed E-state index contributed by atoms with van der Waals surface area (Å²) >= 11 is 0. The molecule has 2 N–H and O–H groups in total. The van der Waals surface area contributed by atoms with Gasteiger partial charge in [-0.25, -0.2) is 14.8 Å². The first-order chi connectivity index (χ1) is 15.1. The molecule has 4 aromatic rings. The number of rotatable bonds is 4. The minimum Gasteiger partial charge on any atom is -0.478 e. The highest BCUT2D eigenvalue weighted by Crippen LogP contribution is 2.29. The lowest BCUT2D eigenvalue weighted by atomic mass is 10.1. The quantitative estimate of drug-likeness (QED) is 0.530. The number of nitrogens with zero attached hydrogens (tertiary/aromatic N) is 4. The fourth-order valence-corrected chi connectivity index (χ4v) is 3.95. The van der Waals surface area contributed by atoms with Gasteiger partial charge in [-0.05, 0) is 36.9 Å². The Balaban J connectivity index is 1.44. The van der Waals surface area contributed by atoms with Gasteiger partial charge in [0.25, 0.3) is 0 Å². The van der Waals surface area contributed by atoms with Crippen LogP contribution in [0.15, 0.2) is 60.9 Å². The minimum atomic E-state index is -0.937. The first-order valence-electron chi connectivity index (χ1n) is 10.3. The third-order valence-electron chi connectivity index (χ3n) is 5.86. The molecule has 2 aromatic heterocycles. The van der Waals surface area contributed by atoms with Crippen molar-refractivity contribution in [2.24, 2.45) is 0 Å². The molecule has 5 rings (SSSR count). The second-order valence-corrected chi connectivity index (χ2v) is 7.87. The fourth-order valence-electron chi connectivity index (χ4n) is 3.95. The molecule has 1 aliphatic rings. The van der Waals surface area contributed by atoms with Crippen LogP contribution in [0.4, 0.5) is 5.69 Å². The summed E-state index contributed by atoms with van der Waals surface area (Å²) in [5, 5.41) is 9.12. The Kier molecular flexibility index (Phi) is 4.88. The number of H-pyrrole nitrogens is 1. The molecule has 1 saturated heterocycles. The lowest BCUT2D eigenvalue weighted by Crippen LogP contribution is -2.44. The van der Waals surface area contributed by atoms with Gasteiger partial charge in [0.05, 0.1) is 17.5 Å². The smallest absolute Gasteiger partial charge is 0.335 e. The molecule has 1 fully saturated rings. The van der Waals surface area contributed by atoms with Crippen LogP contribution in [-0.2, 0) is 0 Å². The van der Waals surface area contributed by atoms with E-state index in [1.165, 1.54) is 5.69 Å². The Morgan fingerprint density at radius 2 is 1.65 bits per heavy atom. The Morgan fingerprint density at radius 1 is 0.968 bits per heavy atom. The molecule has 0 bridgehead atoms. The van der Waals surface area contributed by atoms with Crippen molar-refractivity contribution in [1.29, 1.82) is 0 Å². The van der Waals surface area contributed by atoms with Gasteiger partial charge in [-0.3, -0.25) is 0 Å². The third-order valence-corrected chi connectivity index (χ3v) is 5.86. The molecule has 0 aliphatic carbocycles. The van der Waals surface area contributed by atoms with Crippen LogP contribution in [-0.4, -0.2) is 64.2 Å². The molecule has 2 aromatic carbocycles. The Labute approximate surface area is 180 Å². The summed E-state index contributed by atoms with van der Waals surface area (Å²) in [4.78, 5) is 28.4. The van der Waals surface area contributed by atoms with Crippen LogP contribution in [0.25, 0.3) is 33.5 Å². The van der Waals surface area contributed by atoms with Gasteiger partial charge >= 0.3 is 5.97 Å². The number of hydrogen-bond donors (Lipinski definition) is 2. The first-order valence-corrected chi connectivity index (χ1v) is 10.3. The largest absolute Gasteiger partial charge is 0.478 e. The Bertz CT molecular complexity index is 1220. The average molecular weight is 413 g/mol. The van der Waals surface area contributed by atoms with E-state index in [1.807, 2.05) is 6.20 Å². The lowest BCUT2D eigenvalue weighted by molar-refractivity contribution is 0.0697. The van der Waals surface area contributed by atoms with E-state index in [2.05, 4.69) is 51.1 Å². The number of aromatic carboxylic acids is 1. The van der Waals surface area contributed by atoms with E-state index < -0.39 is 5.97 Å². The van der Waals surface area contributed by atoms with Crippen LogP contribution in [0.3, 0.4) is 0 Å². The summed E-state index contributed by atoms with van der Waals surface area (Å²) in [6.07, 6.45) is 3.64. The predicted molar refractivity (Wildman–Crippen MR) is 121 cm³/mol. The average Bonchev–Trinajstić information content (AvgIpc) is 3.23. The number of nitrogens with one attached hydrogen (secondary N) is 1. The van der Waals surface area contributed by atoms with Gasteiger partial charge < -0.3 is 19.9 Å². The molecular formula is C24H23N5O2. The van der Waals surface area contributed by atoms with E-state index in [9.17, 15) is 4.79 Å². The second-order valence-electron chi connectivity index (χ2n) is 7.87. The minimum absolute atomic E-state index is 0.260. The number of hydrogen-bond acceptors (Lipinski definition) is 5. The normalized spacial score (nSPS) is 14.8. The van der Waals surface area contributed by atoms with Gasteiger partial charge in [0.1, 0.15) is 5.52 Å². The lowest BCUT2D eigenvalue weighted by Gasteiger charge is -2.34. The highest BCUT2D eigenvalue weighted by molar-refractivity contribution is 5.93. The number of fused-ring (bicyclic) bond motifs is 1. The fraction of sp³-hybridized carbons (Fsp3) is 0.208. The van der Waals surface area contributed by atoms with Crippen LogP contribution in [0, 0.1) is 0 Å². The SMILES string of the molecule is CN1CCN(c2ccc(-c3cnc4[nH]cc(-c5ccc(C(=O)O)cc5)c4n3)cc2)CC1. The standard InChI is InChI=1S/C24H23N5O2/c1-28-10-12-29(13-11-28)19-8-6-17(7-9-19)21-15-26-23-22(27-21)20(14-25-23)16-2-4-18(5-3-16)24(30)31/h2-9,14-15H,10-13H2,1H3,(H,25,26)(H,30,31). The maximum absolute atomic E-state index is 11.1. The second kappa shape index (κ2) is 7.85. The zero-order valence-electron chi connectivity index (χ0n) is 17.2. The first kappa shape index (κ1) is 19.3. The molecule has 7 heteroatoms. The molecule has 0 spiro atoms. The number of benzene rings is 2. The molecule has 0 amide bonds. The van der Waals surface area contributed by atoms with Crippen LogP contribution in [0.1, 0.15) is 10.4 Å². The summed E-state index contributed by atoms with van der Waals surface area (Å²) in [6.45, 7) is 4.23. The molecular weight excluding hydrogens is 390 g/mol. The predicted octanol–water partition coefficient (Wildman–Crippen LogP) is 3.74. The molecule has 0 saturated carbocycles. The van der Waals surface area contributed by atoms with Crippen molar-refractivity contribution in [3.63, 3.8) is 0 Å². The molecule has 0 unspecified atom stereocenters. The van der Waals surface area contributed by atoms with Gasteiger partial charge in [-0.1, -0.05) is 24.3 Å². The van der Waals surface area contributed by atoms with E-state index in [-0.39, 0.29) is 5.56 Å². The zero-order valence-corrected chi connectivity index (χ0v) is 17.2. The molecule has 3 heterocycles. The Hall–Kier alpha value is -3.71. The maximum atomic E-state index is 11.1. The van der Waals surface area contributed by atoms with E-state index in [4.69, 9.17) is 10.1 Å². The topological polar surface area (TPSA) is 85.3 Å². The molecule has 0 radical (unpaired) electrons. The van der Waals surface area contributed by atoms with Crippen LogP contribution in [0.2, 0.25) is 0 Å². The van der Waals surface area contributed by atoms with Crippen molar-refractivity contribution in [1.82, 2.24) is 19.9 Å². The molecule has 0 atom stereocenters. The summed E-state index contributed by atoms with van der Waals surface area (Å²) in [5.41, 5.74) is 6.57. The number of piperazine rings is 1. The van der Waals surface area contributed by atoms with Crippen molar-refractivity contribution >= 4 is 22.8 Å². The van der Waals surface area contributed by atoms with Crippen LogP contribution >= 0.6 is 0 Å². The number of aromatic amines is 1.